The van der Waals surface area contributed by atoms with Gasteiger partial charge in [-0.2, -0.15) is 0 Å². The summed E-state index contributed by atoms with van der Waals surface area (Å²) in [5.74, 6) is 0. The second-order valence-corrected chi connectivity index (χ2v) is 5.05. The van der Waals surface area contributed by atoms with Gasteiger partial charge in [-0.1, -0.05) is 18.2 Å². The van der Waals surface area contributed by atoms with Gasteiger partial charge in [0, 0.05) is 11.4 Å². The lowest BCUT2D eigenvalue weighted by Gasteiger charge is -2.15. The molecule has 94 valence electrons. The van der Waals surface area contributed by atoms with E-state index in [1.807, 2.05) is 6.07 Å². The highest BCUT2D eigenvalue weighted by Crippen LogP contribution is 2.26. The molecule has 0 aliphatic rings. The molecule has 0 aromatic heterocycles. The second kappa shape index (κ2) is 4.67. The van der Waals surface area contributed by atoms with Crippen molar-refractivity contribution in [2.24, 2.45) is 0 Å². The zero-order valence-corrected chi connectivity index (χ0v) is 10.1. The number of para-hydroxylation sites is 1. The van der Waals surface area contributed by atoms with E-state index in [2.05, 4.69) is 5.32 Å². The Morgan fingerprint density at radius 1 is 1.06 bits per heavy atom. The summed E-state index contributed by atoms with van der Waals surface area (Å²) < 4.78 is 33.4. The van der Waals surface area contributed by atoms with Crippen molar-refractivity contribution in [2.45, 2.75) is 4.90 Å². The number of nitrogen functional groups attached to an aromatic ring is 1. The van der Waals surface area contributed by atoms with Crippen molar-refractivity contribution in [3.05, 3.63) is 48.5 Å². The maximum atomic E-state index is 11.1. The number of anilines is 3. The quantitative estimate of drug-likeness (QED) is 0.651. The second-order valence-electron chi connectivity index (χ2n) is 3.70. The molecule has 3 N–H and O–H groups in total. The van der Waals surface area contributed by atoms with E-state index in [9.17, 15) is 13.0 Å². The lowest BCUT2D eigenvalue weighted by molar-refractivity contribution is 0.463. The molecule has 6 heteroatoms. The molecule has 18 heavy (non-hydrogen) atoms. The van der Waals surface area contributed by atoms with Gasteiger partial charge in [0.15, 0.2) is 0 Å². The van der Waals surface area contributed by atoms with Gasteiger partial charge in [-0.15, -0.1) is 0 Å². The molecule has 0 aliphatic carbocycles. The molecular weight excluding hydrogens is 252 g/mol. The van der Waals surface area contributed by atoms with Crippen LogP contribution in [0.1, 0.15) is 0 Å². The topological polar surface area (TPSA) is 95.2 Å². The molecule has 0 saturated carbocycles. The van der Waals surface area contributed by atoms with Gasteiger partial charge in [0.1, 0.15) is 10.1 Å². The summed E-state index contributed by atoms with van der Waals surface area (Å²) >= 11 is 0. The number of rotatable bonds is 3. The van der Waals surface area contributed by atoms with Crippen LogP contribution in [0.15, 0.2) is 53.4 Å². The number of hydrogen-bond acceptors (Lipinski definition) is 5. The smallest absolute Gasteiger partial charge is 0.126 e. The van der Waals surface area contributed by atoms with Gasteiger partial charge in [0.2, 0.25) is 0 Å². The molecule has 2 aromatic rings. The number of hydrogen-bond donors (Lipinski definition) is 2. The zero-order valence-electron chi connectivity index (χ0n) is 9.33. The van der Waals surface area contributed by atoms with Crippen LogP contribution in [0.5, 0.6) is 0 Å². The maximum absolute atomic E-state index is 11.1. The highest BCUT2D eigenvalue weighted by atomic mass is 32.2. The molecule has 0 heterocycles. The Morgan fingerprint density at radius 3 is 2.33 bits per heavy atom. The largest absolute Gasteiger partial charge is 0.744 e. The standard InChI is InChI=1S/C12H12N2O3S/c13-9-6-7-11(12(8-9)18(15,16)17)14-10-4-2-1-3-5-10/h1-8,14H,13H2,(H,15,16,17)/p-1. The number of nitrogens with two attached hydrogens (primary N) is 1. The summed E-state index contributed by atoms with van der Waals surface area (Å²) in [6.45, 7) is 0. The van der Waals surface area contributed by atoms with Gasteiger partial charge in [0.05, 0.1) is 10.6 Å². The Kier molecular flexibility index (Phi) is 3.22. The highest BCUT2D eigenvalue weighted by Gasteiger charge is 2.09. The van der Waals surface area contributed by atoms with Gasteiger partial charge in [-0.3, -0.25) is 0 Å². The van der Waals surface area contributed by atoms with E-state index in [4.69, 9.17) is 5.73 Å². The van der Waals surface area contributed by atoms with Gasteiger partial charge in [-0.05, 0) is 30.3 Å². The van der Waals surface area contributed by atoms with Crippen LogP contribution in [0.25, 0.3) is 0 Å². The molecule has 5 nitrogen and oxygen atoms in total. The first-order chi connectivity index (χ1) is 8.47. The third-order valence-electron chi connectivity index (χ3n) is 2.33. The Labute approximate surface area is 105 Å². The summed E-state index contributed by atoms with van der Waals surface area (Å²) in [5.41, 5.74) is 6.61. The van der Waals surface area contributed by atoms with Crippen LogP contribution >= 0.6 is 0 Å². The first kappa shape index (κ1) is 12.4. The number of benzene rings is 2. The van der Waals surface area contributed by atoms with Gasteiger partial charge >= 0.3 is 0 Å². The summed E-state index contributed by atoms with van der Waals surface area (Å²) in [7, 11) is -4.57. The summed E-state index contributed by atoms with van der Waals surface area (Å²) in [6.07, 6.45) is 0. The van der Waals surface area contributed by atoms with Crippen molar-refractivity contribution in [1.29, 1.82) is 0 Å². The molecule has 0 saturated heterocycles. The molecule has 2 aromatic carbocycles. The number of nitrogens with one attached hydrogen (secondary N) is 1. The van der Waals surface area contributed by atoms with E-state index in [-0.39, 0.29) is 16.3 Å². The molecule has 0 amide bonds. The fraction of sp³-hybridized carbons (Fsp3) is 0. The normalized spacial score (nSPS) is 11.2. The van der Waals surface area contributed by atoms with Crippen LogP contribution in [0.3, 0.4) is 0 Å². The minimum absolute atomic E-state index is 0.213. The SMILES string of the molecule is Nc1ccc(Nc2ccccc2)c(S(=O)(=O)[O-])c1. The zero-order chi connectivity index (χ0) is 13.2. The molecular formula is C12H11N2O3S-. The highest BCUT2D eigenvalue weighted by molar-refractivity contribution is 7.86. The van der Waals surface area contributed by atoms with E-state index in [0.717, 1.165) is 6.07 Å². The van der Waals surface area contributed by atoms with Crippen LogP contribution in [-0.4, -0.2) is 13.0 Å². The van der Waals surface area contributed by atoms with Crippen LogP contribution in [-0.2, 0) is 10.1 Å². The first-order valence-electron chi connectivity index (χ1n) is 5.14. The van der Waals surface area contributed by atoms with Gasteiger partial charge in [-0.25, -0.2) is 8.42 Å². The first-order valence-corrected chi connectivity index (χ1v) is 6.55. The van der Waals surface area contributed by atoms with Crippen molar-refractivity contribution < 1.29 is 13.0 Å². The van der Waals surface area contributed by atoms with Crippen molar-refractivity contribution in [3.8, 4) is 0 Å². The molecule has 0 bridgehead atoms. The van der Waals surface area contributed by atoms with Crippen LogP contribution < -0.4 is 11.1 Å². The molecule has 0 radical (unpaired) electrons. The summed E-state index contributed by atoms with van der Waals surface area (Å²) in [6, 6.07) is 13.1. The van der Waals surface area contributed by atoms with Gasteiger partial charge in [0.25, 0.3) is 0 Å². The fourth-order valence-electron chi connectivity index (χ4n) is 1.53. The lowest BCUT2D eigenvalue weighted by atomic mass is 10.2. The molecule has 0 fully saturated rings. The molecule has 2 rings (SSSR count). The molecule has 0 aliphatic heterocycles. The van der Waals surface area contributed by atoms with Crippen molar-refractivity contribution in [2.75, 3.05) is 11.1 Å². The third kappa shape index (κ3) is 2.79. The Hall–Kier alpha value is -2.05. The lowest BCUT2D eigenvalue weighted by Crippen LogP contribution is -2.04. The Balaban J connectivity index is 2.46. The molecule has 0 atom stereocenters. The van der Waals surface area contributed by atoms with E-state index in [1.54, 1.807) is 24.3 Å². The predicted octanol–water partition coefficient (Wildman–Crippen LogP) is 1.92. The van der Waals surface area contributed by atoms with Gasteiger partial charge < -0.3 is 15.6 Å². The van der Waals surface area contributed by atoms with Crippen molar-refractivity contribution in [3.63, 3.8) is 0 Å². The Bertz CT molecular complexity index is 654. The average molecular weight is 263 g/mol. The van der Waals surface area contributed by atoms with Crippen LogP contribution in [0.2, 0.25) is 0 Å². The molecule has 0 spiro atoms. The molecule has 0 unspecified atom stereocenters. The van der Waals surface area contributed by atoms with E-state index < -0.39 is 10.1 Å². The van der Waals surface area contributed by atoms with Crippen LogP contribution in [0, 0.1) is 0 Å². The fourth-order valence-corrected chi connectivity index (χ4v) is 2.19. The monoisotopic (exact) mass is 263 g/mol. The van der Waals surface area contributed by atoms with Crippen molar-refractivity contribution in [1.82, 2.24) is 0 Å². The summed E-state index contributed by atoms with van der Waals surface area (Å²) in [4.78, 5) is -0.355. The van der Waals surface area contributed by atoms with Crippen molar-refractivity contribution >= 4 is 27.2 Å². The summed E-state index contributed by atoms with van der Waals surface area (Å²) in [5, 5.41) is 2.87. The van der Waals surface area contributed by atoms with E-state index >= 15 is 0 Å². The maximum Gasteiger partial charge on any atom is 0.126 e. The Morgan fingerprint density at radius 2 is 1.72 bits per heavy atom. The predicted molar refractivity (Wildman–Crippen MR) is 68.5 cm³/mol. The third-order valence-corrected chi connectivity index (χ3v) is 3.20. The average Bonchev–Trinajstić information content (AvgIpc) is 2.31. The minimum Gasteiger partial charge on any atom is -0.744 e. The van der Waals surface area contributed by atoms with E-state index in [1.165, 1.54) is 12.1 Å². The van der Waals surface area contributed by atoms with Crippen LogP contribution in [0.4, 0.5) is 17.1 Å². The minimum atomic E-state index is -4.57. The van der Waals surface area contributed by atoms with E-state index in [0.29, 0.717) is 5.69 Å².